The zero-order valence-corrected chi connectivity index (χ0v) is 11.2. The second kappa shape index (κ2) is 5.82. The number of rotatable bonds is 4. The lowest BCUT2D eigenvalue weighted by atomic mass is 9.83. The molecule has 0 saturated heterocycles. The summed E-state index contributed by atoms with van der Waals surface area (Å²) >= 11 is 0. The van der Waals surface area contributed by atoms with Gasteiger partial charge < -0.3 is 10.4 Å². The van der Waals surface area contributed by atoms with Crippen LogP contribution in [0.15, 0.2) is 24.3 Å². The van der Waals surface area contributed by atoms with E-state index in [-0.39, 0.29) is 5.41 Å². The third-order valence-electron chi connectivity index (χ3n) is 2.74. The average Bonchev–Trinajstić information content (AvgIpc) is 2.34. The van der Waals surface area contributed by atoms with Gasteiger partial charge in [0.25, 0.3) is 5.91 Å². The van der Waals surface area contributed by atoms with Crippen molar-refractivity contribution in [3.05, 3.63) is 35.4 Å². The van der Waals surface area contributed by atoms with Gasteiger partial charge in [-0.3, -0.25) is 4.79 Å². The second-order valence-corrected chi connectivity index (χ2v) is 5.31. The Morgan fingerprint density at radius 3 is 2.37 bits per heavy atom. The second-order valence-electron chi connectivity index (χ2n) is 5.31. The Morgan fingerprint density at radius 2 is 1.89 bits per heavy atom. The number of nitrogens with one attached hydrogen (secondary N) is 1. The van der Waals surface area contributed by atoms with Crippen LogP contribution in [-0.4, -0.2) is 29.7 Å². The smallest absolute Gasteiger partial charge is 0.328 e. The topological polar surface area (TPSA) is 66.4 Å². The lowest BCUT2D eigenvalue weighted by Crippen LogP contribution is -2.43. The van der Waals surface area contributed by atoms with Gasteiger partial charge in [0.05, 0.1) is 0 Å². The molecule has 0 aliphatic rings. The normalized spacial score (nSPS) is 12.8. The first-order chi connectivity index (χ1) is 8.77. The first-order valence-corrected chi connectivity index (χ1v) is 5.96. The number of carbonyl (C=O) groups excluding carboxylic acids is 1. The van der Waals surface area contributed by atoms with Gasteiger partial charge in [-0.2, -0.15) is 0 Å². The molecular formula is C14H18FNO3. The predicted molar refractivity (Wildman–Crippen MR) is 70.0 cm³/mol. The molecule has 0 fully saturated rings. The zero-order valence-electron chi connectivity index (χ0n) is 11.2. The molecule has 0 bridgehead atoms. The molecule has 1 atom stereocenters. The SMILES string of the molecule is CC(C)(C)c1ccccc1C(=O)NC(CF)C(=O)O. The molecule has 0 spiro atoms. The van der Waals surface area contributed by atoms with Crippen LogP contribution in [0.5, 0.6) is 0 Å². The van der Waals surface area contributed by atoms with E-state index in [0.717, 1.165) is 5.56 Å². The van der Waals surface area contributed by atoms with E-state index in [0.29, 0.717) is 5.56 Å². The molecule has 5 heteroatoms. The minimum absolute atomic E-state index is 0.262. The summed E-state index contributed by atoms with van der Waals surface area (Å²) in [6, 6.07) is 5.39. The quantitative estimate of drug-likeness (QED) is 0.878. The first kappa shape index (κ1) is 15.1. The van der Waals surface area contributed by atoms with Crippen LogP contribution in [0, 0.1) is 0 Å². The fourth-order valence-electron chi connectivity index (χ4n) is 1.74. The minimum atomic E-state index is -1.51. The first-order valence-electron chi connectivity index (χ1n) is 5.96. The van der Waals surface area contributed by atoms with Crippen molar-refractivity contribution in [2.45, 2.75) is 32.2 Å². The fraction of sp³-hybridized carbons (Fsp3) is 0.429. The lowest BCUT2D eigenvalue weighted by Gasteiger charge is -2.23. The summed E-state index contributed by atoms with van der Waals surface area (Å²) in [5.41, 5.74) is 0.896. The molecular weight excluding hydrogens is 249 g/mol. The Hall–Kier alpha value is -1.91. The Labute approximate surface area is 111 Å². The standard InChI is InChI=1S/C14H18FNO3/c1-14(2,3)10-7-5-4-6-9(10)12(17)16-11(8-15)13(18)19/h4-7,11H,8H2,1-3H3,(H,16,17)(H,18,19). The van der Waals surface area contributed by atoms with Crippen molar-refractivity contribution in [1.29, 1.82) is 0 Å². The zero-order chi connectivity index (χ0) is 14.6. The van der Waals surface area contributed by atoms with Gasteiger partial charge in [-0.15, -0.1) is 0 Å². The third kappa shape index (κ3) is 3.77. The molecule has 19 heavy (non-hydrogen) atoms. The maximum atomic E-state index is 12.5. The van der Waals surface area contributed by atoms with Crippen LogP contribution in [0.2, 0.25) is 0 Å². The highest BCUT2D eigenvalue weighted by molar-refractivity contribution is 5.98. The average molecular weight is 267 g/mol. The summed E-state index contributed by atoms with van der Waals surface area (Å²) in [4.78, 5) is 22.8. The Balaban J connectivity index is 3.04. The monoisotopic (exact) mass is 267 g/mol. The largest absolute Gasteiger partial charge is 0.480 e. The van der Waals surface area contributed by atoms with Crippen LogP contribution in [-0.2, 0) is 10.2 Å². The van der Waals surface area contributed by atoms with Gasteiger partial charge in [-0.1, -0.05) is 39.0 Å². The highest BCUT2D eigenvalue weighted by Crippen LogP contribution is 2.25. The van der Waals surface area contributed by atoms with Crippen LogP contribution in [0.1, 0.15) is 36.7 Å². The summed E-state index contributed by atoms with van der Waals surface area (Å²) < 4.78 is 12.5. The van der Waals surface area contributed by atoms with Gasteiger partial charge in [0.2, 0.25) is 0 Å². The molecule has 1 aromatic carbocycles. The maximum Gasteiger partial charge on any atom is 0.328 e. The highest BCUT2D eigenvalue weighted by Gasteiger charge is 2.25. The number of carboxylic acid groups (broad SMARTS) is 1. The van der Waals surface area contributed by atoms with Gasteiger partial charge in [0, 0.05) is 5.56 Å². The van der Waals surface area contributed by atoms with Crippen LogP contribution < -0.4 is 5.32 Å². The van der Waals surface area contributed by atoms with E-state index >= 15 is 0 Å². The summed E-state index contributed by atoms with van der Waals surface area (Å²) in [6.07, 6.45) is 0. The van der Waals surface area contributed by atoms with E-state index in [2.05, 4.69) is 5.32 Å². The molecule has 4 nitrogen and oxygen atoms in total. The number of carboxylic acids is 1. The lowest BCUT2D eigenvalue weighted by molar-refractivity contribution is -0.139. The minimum Gasteiger partial charge on any atom is -0.480 e. The predicted octanol–water partition coefficient (Wildman–Crippen LogP) is 2.14. The van der Waals surface area contributed by atoms with Gasteiger partial charge >= 0.3 is 5.97 Å². The van der Waals surface area contributed by atoms with Crippen molar-refractivity contribution in [2.75, 3.05) is 6.67 Å². The molecule has 0 aliphatic carbocycles. The summed E-state index contributed by atoms with van der Waals surface area (Å²) in [6.45, 7) is 4.70. The number of amides is 1. The number of alkyl halides is 1. The van der Waals surface area contributed by atoms with Crippen LogP contribution >= 0.6 is 0 Å². The summed E-state index contributed by atoms with van der Waals surface area (Å²) in [5.74, 6) is -1.96. The molecule has 1 aromatic rings. The van der Waals surface area contributed by atoms with Crippen molar-refractivity contribution in [1.82, 2.24) is 5.32 Å². The Bertz CT molecular complexity index is 480. The molecule has 1 unspecified atom stereocenters. The third-order valence-corrected chi connectivity index (χ3v) is 2.74. The van der Waals surface area contributed by atoms with E-state index in [1.54, 1.807) is 24.3 Å². The van der Waals surface area contributed by atoms with Crippen molar-refractivity contribution in [3.63, 3.8) is 0 Å². The Morgan fingerprint density at radius 1 is 1.32 bits per heavy atom. The van der Waals surface area contributed by atoms with Gasteiger partial charge in [-0.25, -0.2) is 9.18 Å². The van der Waals surface area contributed by atoms with Crippen molar-refractivity contribution in [2.24, 2.45) is 0 Å². The molecule has 1 rings (SSSR count). The summed E-state index contributed by atoms with van der Waals surface area (Å²) in [5, 5.41) is 10.9. The molecule has 0 aliphatic heterocycles. The molecule has 0 saturated carbocycles. The molecule has 1 amide bonds. The van der Waals surface area contributed by atoms with Crippen LogP contribution in [0.25, 0.3) is 0 Å². The highest BCUT2D eigenvalue weighted by atomic mass is 19.1. The van der Waals surface area contributed by atoms with Crippen molar-refractivity contribution >= 4 is 11.9 Å². The number of hydrogen-bond acceptors (Lipinski definition) is 2. The molecule has 104 valence electrons. The Kier molecular flexibility index (Phi) is 4.64. The number of halogens is 1. The van der Waals surface area contributed by atoms with E-state index in [1.165, 1.54) is 0 Å². The van der Waals surface area contributed by atoms with Crippen LogP contribution in [0.4, 0.5) is 4.39 Å². The maximum absolute atomic E-state index is 12.5. The van der Waals surface area contributed by atoms with Gasteiger partial charge in [0.1, 0.15) is 6.67 Å². The number of benzene rings is 1. The van der Waals surface area contributed by atoms with Gasteiger partial charge in [-0.05, 0) is 17.0 Å². The van der Waals surface area contributed by atoms with Gasteiger partial charge in [0.15, 0.2) is 6.04 Å². The van der Waals surface area contributed by atoms with E-state index in [1.807, 2.05) is 20.8 Å². The number of hydrogen-bond donors (Lipinski definition) is 2. The van der Waals surface area contributed by atoms with E-state index in [4.69, 9.17) is 5.11 Å². The molecule has 0 heterocycles. The van der Waals surface area contributed by atoms with Crippen LogP contribution in [0.3, 0.4) is 0 Å². The molecule has 2 N–H and O–H groups in total. The van der Waals surface area contributed by atoms with Crippen molar-refractivity contribution in [3.8, 4) is 0 Å². The number of aliphatic carboxylic acids is 1. The fourth-order valence-corrected chi connectivity index (χ4v) is 1.74. The van der Waals surface area contributed by atoms with E-state index < -0.39 is 24.6 Å². The summed E-state index contributed by atoms with van der Waals surface area (Å²) in [7, 11) is 0. The molecule has 0 radical (unpaired) electrons. The number of carbonyl (C=O) groups is 2. The molecule has 0 aromatic heterocycles. The van der Waals surface area contributed by atoms with E-state index in [9.17, 15) is 14.0 Å². The van der Waals surface area contributed by atoms with Crippen molar-refractivity contribution < 1.29 is 19.1 Å².